The second-order valence-corrected chi connectivity index (χ2v) is 6.35. The molecule has 2 N–H and O–H groups in total. The highest BCUT2D eigenvalue weighted by atomic mass is 16.6. The highest BCUT2D eigenvalue weighted by Gasteiger charge is 2.29. The Bertz CT molecular complexity index is 574. The summed E-state index contributed by atoms with van der Waals surface area (Å²) in [5.74, 6) is 1.38. The van der Waals surface area contributed by atoms with Crippen molar-refractivity contribution in [1.29, 1.82) is 0 Å². The number of carbonyl (C=O) groups is 1. The van der Waals surface area contributed by atoms with Gasteiger partial charge in [-0.3, -0.25) is 0 Å². The predicted molar refractivity (Wildman–Crippen MR) is 92.0 cm³/mol. The first-order valence-corrected chi connectivity index (χ1v) is 8.89. The smallest absolute Gasteiger partial charge is 0.409 e. The number of amides is 1. The molecule has 7 heteroatoms. The molecule has 1 fully saturated rings. The standard InChI is InChI=1S/C18H26N2O5/c1-2-23-18(22)20-9-7-13(8-10-20)19-11-14(21)17-12-24-15-5-3-4-6-16(15)25-17/h3-6,13-14,17,19,21H,2,7-12H2,1H3. The van der Waals surface area contributed by atoms with Crippen molar-refractivity contribution in [1.82, 2.24) is 10.2 Å². The monoisotopic (exact) mass is 350 g/mol. The maximum absolute atomic E-state index is 11.7. The van der Waals surface area contributed by atoms with E-state index in [0.717, 1.165) is 12.8 Å². The number of fused-ring (bicyclic) bond motifs is 1. The van der Waals surface area contributed by atoms with Gasteiger partial charge in [0.05, 0.1) is 6.61 Å². The van der Waals surface area contributed by atoms with Gasteiger partial charge in [-0.2, -0.15) is 0 Å². The zero-order chi connectivity index (χ0) is 17.6. The molecular weight excluding hydrogens is 324 g/mol. The van der Waals surface area contributed by atoms with Crippen molar-refractivity contribution in [2.24, 2.45) is 0 Å². The van der Waals surface area contributed by atoms with Gasteiger partial charge in [0.15, 0.2) is 17.6 Å². The number of rotatable bonds is 5. The molecule has 0 bridgehead atoms. The first kappa shape index (κ1) is 17.8. The number of hydrogen-bond donors (Lipinski definition) is 2. The number of benzene rings is 1. The molecule has 2 aliphatic rings. The second-order valence-electron chi connectivity index (χ2n) is 6.35. The molecule has 0 aliphatic carbocycles. The molecule has 1 aromatic rings. The number of carbonyl (C=O) groups excluding carboxylic acids is 1. The number of para-hydroxylation sites is 2. The SMILES string of the molecule is CCOC(=O)N1CCC(NCC(O)C2COc3ccccc3O2)CC1. The van der Waals surface area contributed by atoms with Gasteiger partial charge in [0.2, 0.25) is 0 Å². The van der Waals surface area contributed by atoms with Crippen molar-refractivity contribution >= 4 is 6.09 Å². The van der Waals surface area contributed by atoms with Crippen LogP contribution in [0.4, 0.5) is 4.79 Å². The van der Waals surface area contributed by atoms with Crippen LogP contribution in [-0.2, 0) is 4.74 Å². The third-order valence-electron chi connectivity index (χ3n) is 4.60. The topological polar surface area (TPSA) is 80.3 Å². The van der Waals surface area contributed by atoms with E-state index in [1.165, 1.54) is 0 Å². The van der Waals surface area contributed by atoms with Crippen molar-refractivity contribution in [2.75, 3.05) is 32.8 Å². The van der Waals surface area contributed by atoms with Gasteiger partial charge in [-0.25, -0.2) is 4.79 Å². The van der Waals surface area contributed by atoms with Crippen molar-refractivity contribution in [2.45, 2.75) is 38.0 Å². The Morgan fingerprint density at radius 1 is 1.36 bits per heavy atom. The molecule has 2 atom stereocenters. The lowest BCUT2D eigenvalue weighted by Gasteiger charge is -2.33. The minimum absolute atomic E-state index is 0.243. The zero-order valence-electron chi connectivity index (χ0n) is 14.5. The third-order valence-corrected chi connectivity index (χ3v) is 4.60. The fourth-order valence-electron chi connectivity index (χ4n) is 3.13. The van der Waals surface area contributed by atoms with Crippen LogP contribution < -0.4 is 14.8 Å². The summed E-state index contributed by atoms with van der Waals surface area (Å²) in [5, 5.41) is 13.8. The van der Waals surface area contributed by atoms with Crippen LogP contribution >= 0.6 is 0 Å². The molecule has 0 saturated carbocycles. The summed E-state index contributed by atoms with van der Waals surface area (Å²) < 4.78 is 16.5. The summed E-state index contributed by atoms with van der Waals surface area (Å²) >= 11 is 0. The summed E-state index contributed by atoms with van der Waals surface area (Å²) in [4.78, 5) is 13.4. The highest BCUT2D eigenvalue weighted by molar-refractivity contribution is 5.67. The lowest BCUT2D eigenvalue weighted by atomic mass is 10.0. The number of likely N-dealkylation sites (tertiary alicyclic amines) is 1. The lowest BCUT2D eigenvalue weighted by Crippen LogP contribution is -2.50. The first-order chi connectivity index (χ1) is 12.2. The molecule has 0 spiro atoms. The van der Waals surface area contributed by atoms with Crippen molar-refractivity contribution in [3.8, 4) is 11.5 Å². The predicted octanol–water partition coefficient (Wildman–Crippen LogP) is 1.40. The maximum Gasteiger partial charge on any atom is 0.409 e. The van der Waals surface area contributed by atoms with Crippen LogP contribution in [0.15, 0.2) is 24.3 Å². The van der Waals surface area contributed by atoms with Gasteiger partial charge < -0.3 is 29.5 Å². The van der Waals surface area contributed by atoms with Crippen LogP contribution in [0.2, 0.25) is 0 Å². The molecule has 0 aromatic heterocycles. The number of nitrogens with zero attached hydrogens (tertiary/aromatic N) is 1. The molecule has 2 aliphatic heterocycles. The van der Waals surface area contributed by atoms with E-state index in [4.69, 9.17) is 14.2 Å². The van der Waals surface area contributed by atoms with Crippen molar-refractivity contribution < 1.29 is 24.1 Å². The Morgan fingerprint density at radius 2 is 2.08 bits per heavy atom. The van der Waals surface area contributed by atoms with E-state index in [2.05, 4.69) is 5.32 Å². The lowest BCUT2D eigenvalue weighted by molar-refractivity contribution is -0.0110. The molecule has 138 valence electrons. The van der Waals surface area contributed by atoms with E-state index < -0.39 is 6.10 Å². The molecular formula is C18H26N2O5. The quantitative estimate of drug-likeness (QED) is 0.836. The summed E-state index contributed by atoms with van der Waals surface area (Å²) in [6.07, 6.45) is 0.401. The molecule has 1 saturated heterocycles. The van der Waals surface area contributed by atoms with Crippen LogP contribution in [0, 0.1) is 0 Å². The van der Waals surface area contributed by atoms with E-state index in [0.29, 0.717) is 44.3 Å². The van der Waals surface area contributed by atoms with Gasteiger partial charge in [0, 0.05) is 25.7 Å². The van der Waals surface area contributed by atoms with Crippen molar-refractivity contribution in [3.05, 3.63) is 24.3 Å². The second kappa shape index (κ2) is 8.40. The van der Waals surface area contributed by atoms with E-state index in [1.807, 2.05) is 31.2 Å². The molecule has 25 heavy (non-hydrogen) atoms. The van der Waals surface area contributed by atoms with Crippen LogP contribution in [0.25, 0.3) is 0 Å². The van der Waals surface area contributed by atoms with Gasteiger partial charge in [0.25, 0.3) is 0 Å². The normalized spacial score (nSPS) is 21.7. The maximum atomic E-state index is 11.7. The van der Waals surface area contributed by atoms with E-state index in [-0.39, 0.29) is 18.2 Å². The largest absolute Gasteiger partial charge is 0.486 e. The Morgan fingerprint density at radius 3 is 2.80 bits per heavy atom. The molecule has 3 rings (SSSR count). The Balaban J connectivity index is 1.40. The third kappa shape index (κ3) is 4.55. The van der Waals surface area contributed by atoms with E-state index in [9.17, 15) is 9.90 Å². The number of hydrogen-bond acceptors (Lipinski definition) is 6. The molecule has 2 heterocycles. The van der Waals surface area contributed by atoms with Gasteiger partial charge >= 0.3 is 6.09 Å². The molecule has 7 nitrogen and oxygen atoms in total. The summed E-state index contributed by atoms with van der Waals surface area (Å²) in [6, 6.07) is 7.74. The average molecular weight is 350 g/mol. The van der Waals surface area contributed by atoms with Gasteiger partial charge in [-0.05, 0) is 31.9 Å². The molecule has 0 radical (unpaired) electrons. The van der Waals surface area contributed by atoms with E-state index >= 15 is 0 Å². The van der Waals surface area contributed by atoms with Crippen molar-refractivity contribution in [3.63, 3.8) is 0 Å². The summed E-state index contributed by atoms with van der Waals surface area (Å²) in [5.41, 5.74) is 0. The molecule has 1 aromatic carbocycles. The number of ether oxygens (including phenoxy) is 3. The average Bonchev–Trinajstić information content (AvgIpc) is 2.66. The molecule has 2 unspecified atom stereocenters. The summed E-state index contributed by atoms with van der Waals surface area (Å²) in [7, 11) is 0. The van der Waals surface area contributed by atoms with Crippen LogP contribution in [0.3, 0.4) is 0 Å². The van der Waals surface area contributed by atoms with Crippen LogP contribution in [0.5, 0.6) is 11.5 Å². The number of aliphatic hydroxyl groups excluding tert-OH is 1. The number of nitrogens with one attached hydrogen (secondary N) is 1. The van der Waals surface area contributed by atoms with Gasteiger partial charge in [-0.1, -0.05) is 12.1 Å². The minimum atomic E-state index is -0.656. The summed E-state index contributed by atoms with van der Waals surface area (Å²) in [6.45, 7) is 4.31. The number of aliphatic hydroxyl groups is 1. The van der Waals surface area contributed by atoms with Gasteiger partial charge in [-0.15, -0.1) is 0 Å². The Labute approximate surface area is 147 Å². The van der Waals surface area contributed by atoms with E-state index in [1.54, 1.807) is 4.90 Å². The highest BCUT2D eigenvalue weighted by Crippen LogP contribution is 2.31. The van der Waals surface area contributed by atoms with Crippen LogP contribution in [-0.4, -0.2) is 67.2 Å². The first-order valence-electron chi connectivity index (χ1n) is 8.89. The Kier molecular flexibility index (Phi) is 5.99. The fraction of sp³-hybridized carbons (Fsp3) is 0.611. The van der Waals surface area contributed by atoms with Gasteiger partial charge in [0.1, 0.15) is 12.7 Å². The zero-order valence-corrected chi connectivity index (χ0v) is 14.5. The minimum Gasteiger partial charge on any atom is -0.486 e. The Hall–Kier alpha value is -1.99. The number of piperidine rings is 1. The fourth-order valence-corrected chi connectivity index (χ4v) is 3.13. The van der Waals surface area contributed by atoms with Crippen LogP contribution in [0.1, 0.15) is 19.8 Å². The molecule has 1 amide bonds.